The third-order valence-electron chi connectivity index (χ3n) is 7.26. The molecule has 1 N–H and O–H groups in total. The molecule has 1 saturated heterocycles. The SMILES string of the molecule is COc1ccc(-c2cc(N3CCC[C@H]3CO)nc3c(-c4ccc(Cl)cc4)c(-c4ccc(C#N)cc4)nn23)cc1. The number of aromatic nitrogens is 3. The van der Waals surface area contributed by atoms with E-state index in [2.05, 4.69) is 11.0 Å². The van der Waals surface area contributed by atoms with Crippen molar-refractivity contribution in [3.8, 4) is 45.5 Å². The molecular weight excluding hydrogens is 510 g/mol. The summed E-state index contributed by atoms with van der Waals surface area (Å²) in [4.78, 5) is 7.35. The van der Waals surface area contributed by atoms with E-state index in [4.69, 9.17) is 26.4 Å². The van der Waals surface area contributed by atoms with Gasteiger partial charge in [-0.25, -0.2) is 9.50 Å². The van der Waals surface area contributed by atoms with Crippen LogP contribution in [0.15, 0.2) is 78.9 Å². The van der Waals surface area contributed by atoms with Crippen LogP contribution >= 0.6 is 11.6 Å². The van der Waals surface area contributed by atoms with Gasteiger partial charge in [-0.3, -0.25) is 0 Å². The first-order valence-electron chi connectivity index (χ1n) is 12.8. The number of halogens is 1. The molecule has 0 radical (unpaired) electrons. The van der Waals surface area contributed by atoms with Crippen LogP contribution in [0, 0.1) is 11.3 Å². The Morgan fingerprint density at radius 1 is 1.00 bits per heavy atom. The molecule has 39 heavy (non-hydrogen) atoms. The molecule has 8 heteroatoms. The molecule has 3 aromatic carbocycles. The zero-order valence-corrected chi connectivity index (χ0v) is 22.1. The number of methoxy groups -OCH3 is 1. The molecule has 194 valence electrons. The predicted octanol–water partition coefficient (Wildman–Crippen LogP) is 6.23. The third-order valence-corrected chi connectivity index (χ3v) is 7.52. The summed E-state index contributed by atoms with van der Waals surface area (Å²) in [6.07, 6.45) is 1.91. The third kappa shape index (κ3) is 4.59. The Bertz CT molecular complexity index is 1670. The topological polar surface area (TPSA) is 86.7 Å². The number of aliphatic hydroxyl groups excluding tert-OH is 1. The highest BCUT2D eigenvalue weighted by Gasteiger charge is 2.28. The molecule has 1 fully saturated rings. The van der Waals surface area contributed by atoms with Crippen molar-refractivity contribution in [3.63, 3.8) is 0 Å². The Balaban J connectivity index is 1.66. The maximum Gasteiger partial charge on any atom is 0.166 e. The van der Waals surface area contributed by atoms with Gasteiger partial charge in [0.05, 0.1) is 42.6 Å². The van der Waals surface area contributed by atoms with Crippen LogP contribution in [0.25, 0.3) is 39.3 Å². The largest absolute Gasteiger partial charge is 0.497 e. The number of fused-ring (bicyclic) bond motifs is 1. The molecule has 1 aliphatic heterocycles. The number of aliphatic hydroxyl groups is 1. The van der Waals surface area contributed by atoms with Gasteiger partial charge in [0.1, 0.15) is 17.3 Å². The highest BCUT2D eigenvalue weighted by molar-refractivity contribution is 6.30. The van der Waals surface area contributed by atoms with Crippen molar-refractivity contribution in [3.05, 3.63) is 89.4 Å². The minimum absolute atomic E-state index is 0.0172. The maximum atomic E-state index is 10.1. The van der Waals surface area contributed by atoms with E-state index >= 15 is 0 Å². The van der Waals surface area contributed by atoms with E-state index in [1.54, 1.807) is 19.2 Å². The van der Waals surface area contributed by atoms with Gasteiger partial charge in [-0.05, 0) is 66.9 Å². The number of ether oxygens (including phenoxy) is 1. The number of nitrogens with zero attached hydrogens (tertiary/aromatic N) is 5. The lowest BCUT2D eigenvalue weighted by Crippen LogP contribution is -2.32. The van der Waals surface area contributed by atoms with Crippen LogP contribution in [0.2, 0.25) is 5.02 Å². The second kappa shape index (κ2) is 10.4. The highest BCUT2D eigenvalue weighted by Crippen LogP contribution is 2.39. The van der Waals surface area contributed by atoms with E-state index < -0.39 is 0 Å². The monoisotopic (exact) mass is 535 g/mol. The van der Waals surface area contributed by atoms with E-state index in [0.29, 0.717) is 16.2 Å². The molecule has 0 saturated carbocycles. The second-order valence-corrected chi connectivity index (χ2v) is 9.99. The smallest absolute Gasteiger partial charge is 0.166 e. The number of benzene rings is 3. The van der Waals surface area contributed by atoms with Crippen LogP contribution in [0.1, 0.15) is 18.4 Å². The first-order chi connectivity index (χ1) is 19.1. The van der Waals surface area contributed by atoms with Crippen molar-refractivity contribution < 1.29 is 9.84 Å². The molecule has 0 unspecified atom stereocenters. The number of hydrogen-bond acceptors (Lipinski definition) is 6. The molecule has 3 heterocycles. The van der Waals surface area contributed by atoms with Gasteiger partial charge in [0.25, 0.3) is 0 Å². The van der Waals surface area contributed by atoms with E-state index in [9.17, 15) is 10.4 Å². The lowest BCUT2D eigenvalue weighted by atomic mass is 10.0. The van der Waals surface area contributed by atoms with Crippen molar-refractivity contribution in [2.75, 3.05) is 25.2 Å². The fourth-order valence-electron chi connectivity index (χ4n) is 5.23. The lowest BCUT2D eigenvalue weighted by Gasteiger charge is -2.25. The maximum absolute atomic E-state index is 10.1. The average Bonchev–Trinajstić information content (AvgIpc) is 3.62. The van der Waals surface area contributed by atoms with E-state index in [0.717, 1.165) is 64.6 Å². The summed E-state index contributed by atoms with van der Waals surface area (Å²) in [5.41, 5.74) is 6.54. The first kappa shape index (κ1) is 24.9. The molecule has 1 atom stereocenters. The summed E-state index contributed by atoms with van der Waals surface area (Å²) in [6, 6.07) is 27.2. The predicted molar refractivity (Wildman–Crippen MR) is 153 cm³/mol. The quantitative estimate of drug-likeness (QED) is 0.277. The second-order valence-electron chi connectivity index (χ2n) is 9.56. The highest BCUT2D eigenvalue weighted by atomic mass is 35.5. The van der Waals surface area contributed by atoms with Crippen molar-refractivity contribution in [2.45, 2.75) is 18.9 Å². The van der Waals surface area contributed by atoms with Gasteiger partial charge in [0, 0.05) is 28.8 Å². The van der Waals surface area contributed by atoms with Crippen LogP contribution < -0.4 is 9.64 Å². The summed E-state index contributed by atoms with van der Waals surface area (Å²) in [5, 5.41) is 25.1. The van der Waals surface area contributed by atoms with Crippen molar-refractivity contribution >= 4 is 23.1 Å². The van der Waals surface area contributed by atoms with Crippen LogP contribution in [-0.2, 0) is 0 Å². The Hall–Kier alpha value is -4.38. The molecule has 0 spiro atoms. The van der Waals surface area contributed by atoms with E-state index in [-0.39, 0.29) is 12.6 Å². The molecular formula is C31H26ClN5O2. The van der Waals surface area contributed by atoms with Gasteiger partial charge in [-0.15, -0.1) is 0 Å². The number of anilines is 1. The van der Waals surface area contributed by atoms with Crippen LogP contribution in [0.5, 0.6) is 5.75 Å². The zero-order valence-electron chi connectivity index (χ0n) is 21.4. The summed E-state index contributed by atoms with van der Waals surface area (Å²) in [5.74, 6) is 1.57. The van der Waals surface area contributed by atoms with Gasteiger partial charge < -0.3 is 14.7 Å². The standard InChI is InChI=1S/C31H26ClN5O2/c1-39-26-14-10-21(11-15-26)27-17-28(36-16-2-3-25(36)19-38)34-31-29(22-8-12-24(32)13-9-22)30(35-37(27)31)23-6-4-20(18-33)5-7-23/h4-15,17,25,38H,2-3,16,19H2,1H3/t25-/m0/s1. The molecule has 2 aromatic heterocycles. The minimum atomic E-state index is 0.0172. The molecule has 0 amide bonds. The lowest BCUT2D eigenvalue weighted by molar-refractivity contribution is 0.266. The van der Waals surface area contributed by atoms with Gasteiger partial charge in [-0.1, -0.05) is 35.9 Å². The van der Waals surface area contributed by atoms with Gasteiger partial charge >= 0.3 is 0 Å². The van der Waals surface area contributed by atoms with E-state index in [1.807, 2.05) is 71.2 Å². The Labute approximate surface area is 231 Å². The molecule has 0 bridgehead atoms. The van der Waals surface area contributed by atoms with Crippen molar-refractivity contribution in [2.24, 2.45) is 0 Å². The van der Waals surface area contributed by atoms with Crippen LogP contribution in [-0.4, -0.2) is 46.0 Å². The number of hydrogen-bond donors (Lipinski definition) is 1. The Kier molecular flexibility index (Phi) is 6.65. The van der Waals surface area contributed by atoms with Gasteiger partial charge in [0.2, 0.25) is 0 Å². The average molecular weight is 536 g/mol. The summed E-state index contributed by atoms with van der Waals surface area (Å²) in [7, 11) is 1.65. The molecule has 5 aromatic rings. The molecule has 6 rings (SSSR count). The minimum Gasteiger partial charge on any atom is -0.497 e. The fraction of sp³-hybridized carbons (Fsp3) is 0.194. The van der Waals surface area contributed by atoms with Gasteiger partial charge in [0.15, 0.2) is 5.65 Å². The number of nitriles is 1. The summed E-state index contributed by atoms with van der Waals surface area (Å²) < 4.78 is 7.27. The number of rotatable bonds is 6. The summed E-state index contributed by atoms with van der Waals surface area (Å²) >= 11 is 6.25. The van der Waals surface area contributed by atoms with Crippen LogP contribution in [0.3, 0.4) is 0 Å². The Morgan fingerprint density at radius 2 is 1.69 bits per heavy atom. The molecule has 7 nitrogen and oxygen atoms in total. The van der Waals surface area contributed by atoms with Crippen LogP contribution in [0.4, 0.5) is 5.82 Å². The first-order valence-corrected chi connectivity index (χ1v) is 13.2. The summed E-state index contributed by atoms with van der Waals surface area (Å²) in [6.45, 7) is 0.897. The van der Waals surface area contributed by atoms with Gasteiger partial charge in [-0.2, -0.15) is 10.4 Å². The molecule has 1 aliphatic rings. The Morgan fingerprint density at radius 3 is 2.36 bits per heavy atom. The van der Waals surface area contributed by atoms with Crippen molar-refractivity contribution in [1.29, 1.82) is 5.26 Å². The normalized spacial score (nSPS) is 15.0. The van der Waals surface area contributed by atoms with E-state index in [1.165, 1.54) is 0 Å². The zero-order chi connectivity index (χ0) is 26.9. The fourth-order valence-corrected chi connectivity index (χ4v) is 5.36. The van der Waals surface area contributed by atoms with Crippen molar-refractivity contribution in [1.82, 2.24) is 14.6 Å². The molecule has 0 aliphatic carbocycles.